The van der Waals surface area contributed by atoms with E-state index in [9.17, 15) is 9.36 Å². The fraction of sp³-hybridized carbons (Fsp3) is 0.400. The highest BCUT2D eigenvalue weighted by Gasteiger charge is 2.18. The van der Waals surface area contributed by atoms with E-state index in [1.54, 1.807) is 19.9 Å². The Hall–Kier alpha value is -1.22. The Kier molecular flexibility index (Phi) is 6.34. The molecule has 0 saturated heterocycles. The van der Waals surface area contributed by atoms with Crippen molar-refractivity contribution in [1.29, 1.82) is 0 Å². The number of rotatable bonds is 7. The van der Waals surface area contributed by atoms with Gasteiger partial charge in [0.05, 0.1) is 13.2 Å². The van der Waals surface area contributed by atoms with Crippen molar-refractivity contribution in [2.45, 2.75) is 27.7 Å². The monoisotopic (exact) mass is 296 g/mol. The molecule has 0 bridgehead atoms. The molecule has 0 aliphatic heterocycles. The summed E-state index contributed by atoms with van der Waals surface area (Å²) in [6.45, 7) is 7.93. The van der Waals surface area contributed by atoms with Crippen LogP contribution in [-0.2, 0) is 13.6 Å². The van der Waals surface area contributed by atoms with Crippen molar-refractivity contribution < 1.29 is 18.4 Å². The zero-order valence-electron chi connectivity index (χ0n) is 12.4. The molecule has 1 aromatic rings. The summed E-state index contributed by atoms with van der Waals surface area (Å²) in [7, 11) is -3.18. The van der Waals surface area contributed by atoms with Crippen LogP contribution in [0, 0.1) is 13.8 Å². The lowest BCUT2D eigenvalue weighted by atomic mass is 10.0. The summed E-state index contributed by atoms with van der Waals surface area (Å²) in [6.07, 6.45) is 2.56. The lowest BCUT2D eigenvalue weighted by molar-refractivity contribution is 0.112. The Morgan fingerprint density at radius 1 is 1.10 bits per heavy atom. The molecule has 0 spiro atoms. The molecule has 0 saturated carbocycles. The molecule has 1 rings (SSSR count). The zero-order valence-corrected chi connectivity index (χ0v) is 13.3. The minimum atomic E-state index is -3.18. The van der Waals surface area contributed by atoms with Crippen LogP contribution in [0.5, 0.6) is 0 Å². The first-order chi connectivity index (χ1) is 9.45. The molecule has 0 amide bonds. The van der Waals surface area contributed by atoms with E-state index >= 15 is 0 Å². The number of hydrogen-bond donors (Lipinski definition) is 0. The summed E-state index contributed by atoms with van der Waals surface area (Å²) in [5.74, 6) is 1.47. The van der Waals surface area contributed by atoms with Crippen LogP contribution >= 0.6 is 7.60 Å². The molecule has 4 nitrogen and oxygen atoms in total. The fourth-order valence-corrected chi connectivity index (χ4v) is 3.27. The molecule has 0 N–H and O–H groups in total. The largest absolute Gasteiger partial charge is 0.354 e. The van der Waals surface area contributed by atoms with Crippen LogP contribution in [0.15, 0.2) is 17.9 Å². The molecule has 20 heavy (non-hydrogen) atoms. The van der Waals surface area contributed by atoms with E-state index in [1.165, 1.54) is 5.82 Å². The lowest BCUT2D eigenvalue weighted by Gasteiger charge is -2.12. The zero-order chi connectivity index (χ0) is 15.2. The van der Waals surface area contributed by atoms with Crippen molar-refractivity contribution in [3.8, 4) is 0 Å². The van der Waals surface area contributed by atoms with E-state index in [2.05, 4.69) is 0 Å². The maximum Gasteiger partial charge on any atom is 0.354 e. The maximum absolute atomic E-state index is 12.3. The summed E-state index contributed by atoms with van der Waals surface area (Å²) in [5, 5.41) is 0. The van der Waals surface area contributed by atoms with Crippen LogP contribution in [-0.4, -0.2) is 19.5 Å². The van der Waals surface area contributed by atoms with E-state index in [4.69, 9.17) is 9.05 Å². The van der Waals surface area contributed by atoms with Gasteiger partial charge in [-0.15, -0.1) is 0 Å². The minimum absolute atomic E-state index is 0.323. The second-order valence-electron chi connectivity index (χ2n) is 4.38. The first kappa shape index (κ1) is 16.8. The Morgan fingerprint density at radius 3 is 2.00 bits per heavy atom. The first-order valence-electron chi connectivity index (χ1n) is 6.60. The summed E-state index contributed by atoms with van der Waals surface area (Å²) in [6, 6.07) is 3.74. The number of hydrogen-bond acceptors (Lipinski definition) is 4. The van der Waals surface area contributed by atoms with Gasteiger partial charge in [0, 0.05) is 11.4 Å². The summed E-state index contributed by atoms with van der Waals surface area (Å²) >= 11 is 0. The van der Waals surface area contributed by atoms with Gasteiger partial charge in [-0.05, 0) is 50.5 Å². The summed E-state index contributed by atoms with van der Waals surface area (Å²) in [4.78, 5) is 10.9. The molecule has 0 aliphatic rings. The average molecular weight is 296 g/mol. The Morgan fingerprint density at radius 2 is 1.60 bits per heavy atom. The van der Waals surface area contributed by atoms with Gasteiger partial charge in [-0.1, -0.05) is 12.1 Å². The van der Waals surface area contributed by atoms with Gasteiger partial charge in [0.1, 0.15) is 0 Å². The maximum atomic E-state index is 12.3. The Bertz CT molecular complexity index is 516. The van der Waals surface area contributed by atoms with Gasteiger partial charge >= 0.3 is 7.60 Å². The molecular weight excluding hydrogens is 275 g/mol. The first-order valence-corrected chi connectivity index (χ1v) is 8.21. The Labute approximate surface area is 120 Å². The minimum Gasteiger partial charge on any atom is -0.306 e. The standard InChI is InChI=1S/C15H21O4P/c1-5-18-20(17,19-6-2)8-7-14-9-12(3)15(11-16)13(4)10-14/h7-11H,5-6H2,1-4H3/b8-7+. The van der Waals surface area contributed by atoms with Crippen molar-refractivity contribution in [2.24, 2.45) is 0 Å². The third-order valence-corrected chi connectivity index (χ3v) is 4.55. The van der Waals surface area contributed by atoms with Crippen molar-refractivity contribution in [2.75, 3.05) is 13.2 Å². The van der Waals surface area contributed by atoms with Crippen molar-refractivity contribution >= 4 is 20.0 Å². The van der Waals surface area contributed by atoms with Gasteiger partial charge in [-0.3, -0.25) is 9.36 Å². The topological polar surface area (TPSA) is 52.6 Å². The fourth-order valence-electron chi connectivity index (χ4n) is 1.95. The summed E-state index contributed by atoms with van der Waals surface area (Å²) < 4.78 is 22.7. The number of carbonyl (C=O) groups excluding carboxylic acids is 1. The summed E-state index contributed by atoms with van der Waals surface area (Å²) in [5.41, 5.74) is 3.34. The molecule has 0 aromatic heterocycles. The predicted molar refractivity (Wildman–Crippen MR) is 81.2 cm³/mol. The van der Waals surface area contributed by atoms with Gasteiger partial charge < -0.3 is 9.05 Å². The molecular formula is C15H21O4P. The van der Waals surface area contributed by atoms with Crippen molar-refractivity contribution in [1.82, 2.24) is 0 Å². The van der Waals surface area contributed by atoms with Crippen LogP contribution in [0.2, 0.25) is 0 Å². The van der Waals surface area contributed by atoms with Crippen LogP contribution < -0.4 is 0 Å². The van der Waals surface area contributed by atoms with E-state index in [0.717, 1.165) is 23.0 Å². The second kappa shape index (κ2) is 7.53. The quantitative estimate of drug-likeness (QED) is 0.554. The molecule has 0 aliphatic carbocycles. The smallest absolute Gasteiger partial charge is 0.306 e. The number of carbonyl (C=O) groups is 1. The second-order valence-corrected chi connectivity index (χ2v) is 6.27. The predicted octanol–water partition coefficient (Wildman–Crippen LogP) is 4.35. The van der Waals surface area contributed by atoms with Gasteiger partial charge in [0.15, 0.2) is 6.29 Å². The molecule has 1 aromatic carbocycles. The van der Waals surface area contributed by atoms with Crippen LogP contribution in [0.1, 0.15) is 40.9 Å². The van der Waals surface area contributed by atoms with E-state index < -0.39 is 7.60 Å². The van der Waals surface area contributed by atoms with E-state index in [-0.39, 0.29) is 0 Å². The normalized spacial score (nSPS) is 12.0. The van der Waals surface area contributed by atoms with Crippen molar-refractivity contribution in [3.05, 3.63) is 40.2 Å². The molecule has 0 heterocycles. The molecule has 110 valence electrons. The highest BCUT2D eigenvalue weighted by molar-refractivity contribution is 7.57. The molecule has 5 heteroatoms. The Balaban J connectivity index is 3.05. The third kappa shape index (κ3) is 4.41. The van der Waals surface area contributed by atoms with Gasteiger partial charge in [-0.2, -0.15) is 0 Å². The third-order valence-electron chi connectivity index (χ3n) is 2.80. The van der Waals surface area contributed by atoms with Crippen LogP contribution in [0.4, 0.5) is 0 Å². The number of aryl methyl sites for hydroxylation is 2. The highest BCUT2D eigenvalue weighted by Crippen LogP contribution is 2.50. The average Bonchev–Trinajstić information content (AvgIpc) is 2.37. The van der Waals surface area contributed by atoms with Crippen LogP contribution in [0.3, 0.4) is 0 Å². The number of benzene rings is 1. The van der Waals surface area contributed by atoms with E-state index in [1.807, 2.05) is 26.0 Å². The molecule has 0 unspecified atom stereocenters. The SMILES string of the molecule is CCOP(=O)(/C=C/c1cc(C)c(C=O)c(C)c1)OCC. The molecule has 0 radical (unpaired) electrons. The molecule has 0 atom stereocenters. The van der Waals surface area contributed by atoms with Gasteiger partial charge in [-0.25, -0.2) is 0 Å². The van der Waals surface area contributed by atoms with Gasteiger partial charge in [0.25, 0.3) is 0 Å². The van der Waals surface area contributed by atoms with Crippen LogP contribution in [0.25, 0.3) is 6.08 Å². The lowest BCUT2D eigenvalue weighted by Crippen LogP contribution is -1.94. The number of aldehydes is 1. The van der Waals surface area contributed by atoms with Crippen molar-refractivity contribution in [3.63, 3.8) is 0 Å². The highest BCUT2D eigenvalue weighted by atomic mass is 31.2. The van der Waals surface area contributed by atoms with Gasteiger partial charge in [0.2, 0.25) is 0 Å². The molecule has 0 fully saturated rings. The van der Waals surface area contributed by atoms with E-state index in [0.29, 0.717) is 18.8 Å².